The summed E-state index contributed by atoms with van der Waals surface area (Å²) in [6.45, 7) is 0. The van der Waals surface area contributed by atoms with Gasteiger partial charge in [0.25, 0.3) is 0 Å². The van der Waals surface area contributed by atoms with Crippen molar-refractivity contribution in [3.63, 3.8) is 0 Å². The summed E-state index contributed by atoms with van der Waals surface area (Å²) in [5.74, 6) is 0. The van der Waals surface area contributed by atoms with E-state index in [9.17, 15) is 0 Å². The van der Waals surface area contributed by atoms with E-state index in [-0.39, 0.29) is 6.17 Å². The first kappa shape index (κ1) is 32.4. The molecule has 0 radical (unpaired) electrons. The number of fused-ring (bicyclic) bond motifs is 6. The van der Waals surface area contributed by atoms with E-state index in [0.717, 1.165) is 28.1 Å². The summed E-state index contributed by atoms with van der Waals surface area (Å²) in [6, 6.07) is 69.8. The molecule has 56 heavy (non-hydrogen) atoms. The third kappa shape index (κ3) is 5.45. The Morgan fingerprint density at radius 2 is 1.05 bits per heavy atom. The van der Waals surface area contributed by atoms with E-state index < -0.39 is 0 Å². The second kappa shape index (κ2) is 13.4. The summed E-state index contributed by atoms with van der Waals surface area (Å²) >= 11 is 1.89. The lowest BCUT2D eigenvalue weighted by Crippen LogP contribution is -2.24. The average molecular weight is 734 g/mol. The van der Waals surface area contributed by atoms with Crippen LogP contribution in [0.25, 0.3) is 75.6 Å². The molecule has 0 saturated carbocycles. The maximum atomic E-state index is 5.33. The van der Waals surface area contributed by atoms with E-state index in [1.165, 1.54) is 69.9 Å². The van der Waals surface area contributed by atoms with Crippen molar-refractivity contribution in [3.05, 3.63) is 217 Å². The summed E-state index contributed by atoms with van der Waals surface area (Å²) in [6.07, 6.45) is 1.90. The van der Waals surface area contributed by atoms with Crippen molar-refractivity contribution < 1.29 is 0 Å². The van der Waals surface area contributed by atoms with Gasteiger partial charge in [-0.2, -0.15) is 0 Å². The van der Waals surface area contributed by atoms with Crippen LogP contribution in [0.5, 0.6) is 0 Å². The highest BCUT2D eigenvalue weighted by atomic mass is 32.1. The van der Waals surface area contributed by atoms with Gasteiger partial charge in [0.1, 0.15) is 6.17 Å². The van der Waals surface area contributed by atoms with E-state index in [2.05, 4.69) is 210 Å². The van der Waals surface area contributed by atoms with Gasteiger partial charge in [0.15, 0.2) is 0 Å². The number of hydrogen-bond acceptors (Lipinski definition) is 3. The third-order valence-electron chi connectivity index (χ3n) is 11.0. The van der Waals surface area contributed by atoms with Crippen LogP contribution < -0.4 is 5.32 Å². The van der Waals surface area contributed by atoms with E-state index in [0.29, 0.717) is 0 Å². The monoisotopic (exact) mass is 733 g/mol. The normalized spacial score (nSPS) is 14.2. The van der Waals surface area contributed by atoms with Crippen LogP contribution in [0, 0.1) is 0 Å². The Hall–Kier alpha value is -7.01. The highest BCUT2D eigenvalue weighted by Gasteiger charge is 2.23. The zero-order chi connectivity index (χ0) is 37.0. The van der Waals surface area contributed by atoms with Gasteiger partial charge in [0.05, 0.1) is 27.1 Å². The molecule has 1 aliphatic rings. The Morgan fingerprint density at radius 3 is 1.86 bits per heavy atom. The fourth-order valence-corrected chi connectivity index (χ4v) is 9.71. The maximum Gasteiger partial charge on any atom is 0.145 e. The van der Waals surface area contributed by atoms with Crippen LogP contribution in [0.2, 0.25) is 0 Å². The second-order valence-corrected chi connectivity index (χ2v) is 15.4. The zero-order valence-corrected chi connectivity index (χ0v) is 31.2. The number of aliphatic imine (C=N–C) groups is 1. The maximum absolute atomic E-state index is 5.33. The molecule has 1 unspecified atom stereocenters. The first-order valence-corrected chi connectivity index (χ1v) is 19.9. The molecule has 8 aromatic carbocycles. The van der Waals surface area contributed by atoms with Gasteiger partial charge in [-0.05, 0) is 69.3 Å². The molecule has 3 heterocycles. The molecule has 264 valence electrons. The third-order valence-corrected chi connectivity index (χ3v) is 12.3. The van der Waals surface area contributed by atoms with Crippen molar-refractivity contribution in [1.29, 1.82) is 0 Å². The van der Waals surface area contributed by atoms with Crippen molar-refractivity contribution >= 4 is 64.7 Å². The Morgan fingerprint density at radius 1 is 0.446 bits per heavy atom. The SMILES string of the molecule is C1=C(c2ccccc2)NC(c2ccc3c4ccccc4n(-c4cccc5c4sc4c(-c6cccc(-c7ccccc7)c6)cccc45)c3c2)N=C1c1ccccc1. The second-order valence-electron chi connectivity index (χ2n) is 14.4. The van der Waals surface area contributed by atoms with Gasteiger partial charge in [-0.25, -0.2) is 0 Å². The Labute approximate surface area is 329 Å². The van der Waals surface area contributed by atoms with Crippen molar-refractivity contribution in [1.82, 2.24) is 9.88 Å². The van der Waals surface area contributed by atoms with Crippen LogP contribution in [0.1, 0.15) is 22.9 Å². The van der Waals surface area contributed by atoms with Crippen molar-refractivity contribution in [2.24, 2.45) is 4.99 Å². The smallest absolute Gasteiger partial charge is 0.145 e. The largest absolute Gasteiger partial charge is 0.360 e. The Bertz CT molecular complexity index is 3150. The minimum Gasteiger partial charge on any atom is -0.360 e. The molecule has 11 rings (SSSR count). The molecule has 0 saturated heterocycles. The predicted molar refractivity (Wildman–Crippen MR) is 238 cm³/mol. The number of allylic oxidation sites excluding steroid dienone is 1. The highest BCUT2D eigenvalue weighted by Crippen LogP contribution is 2.45. The number of nitrogens with one attached hydrogen (secondary N) is 1. The average Bonchev–Trinajstić information content (AvgIpc) is 3.83. The fraction of sp³-hybridized carbons (Fsp3) is 0.0192. The van der Waals surface area contributed by atoms with Crippen LogP contribution in [-0.2, 0) is 0 Å². The lowest BCUT2D eigenvalue weighted by molar-refractivity contribution is 0.664. The van der Waals surface area contributed by atoms with Crippen LogP contribution >= 0.6 is 11.3 Å². The summed E-state index contributed by atoms with van der Waals surface area (Å²) < 4.78 is 5.05. The summed E-state index contributed by atoms with van der Waals surface area (Å²) in [5, 5.41) is 8.81. The van der Waals surface area contributed by atoms with Gasteiger partial charge in [-0.15, -0.1) is 11.3 Å². The molecule has 0 spiro atoms. The molecule has 3 nitrogen and oxygen atoms in total. The van der Waals surface area contributed by atoms with Crippen molar-refractivity contribution in [3.8, 4) is 27.9 Å². The topological polar surface area (TPSA) is 29.3 Å². The minimum atomic E-state index is -0.268. The molecular weight excluding hydrogens is 699 g/mol. The van der Waals surface area contributed by atoms with E-state index in [4.69, 9.17) is 4.99 Å². The van der Waals surface area contributed by atoms with Gasteiger partial charge in [0.2, 0.25) is 0 Å². The summed E-state index contributed by atoms with van der Waals surface area (Å²) in [5.41, 5.74) is 13.9. The molecule has 0 bridgehead atoms. The lowest BCUT2D eigenvalue weighted by atomic mass is 9.98. The molecular formula is C52H35N3S. The lowest BCUT2D eigenvalue weighted by Gasteiger charge is -2.25. The molecule has 1 aliphatic heterocycles. The molecule has 10 aromatic rings. The molecule has 1 N–H and O–H groups in total. The number of benzene rings is 8. The molecule has 0 fully saturated rings. The molecule has 0 amide bonds. The quantitative estimate of drug-likeness (QED) is 0.181. The van der Waals surface area contributed by atoms with Gasteiger partial charge < -0.3 is 9.88 Å². The van der Waals surface area contributed by atoms with Crippen molar-refractivity contribution in [2.75, 3.05) is 0 Å². The number of rotatable bonds is 6. The molecule has 4 heteroatoms. The standard InChI is InChI=1S/C52H35N3S/c1-4-15-34(16-5-1)37-21-12-22-38(31-37)40-24-13-25-43-44-26-14-28-48(51(44)56-50(40)43)55-47-27-11-10-23-41(47)42-30-29-39(32-49(42)55)52-53-45(35-17-6-2-7-18-35)33-46(54-52)36-19-8-3-9-20-36/h1-33,52-53H. The highest BCUT2D eigenvalue weighted by molar-refractivity contribution is 7.26. The number of nitrogens with zero attached hydrogens (tertiary/aromatic N) is 2. The van der Waals surface area contributed by atoms with Crippen molar-refractivity contribution in [2.45, 2.75) is 6.17 Å². The van der Waals surface area contributed by atoms with Gasteiger partial charge >= 0.3 is 0 Å². The predicted octanol–water partition coefficient (Wildman–Crippen LogP) is 13.6. The van der Waals surface area contributed by atoms with E-state index >= 15 is 0 Å². The summed E-state index contributed by atoms with van der Waals surface area (Å²) in [7, 11) is 0. The van der Waals surface area contributed by atoms with E-state index in [1.807, 2.05) is 11.3 Å². The molecule has 2 aromatic heterocycles. The minimum absolute atomic E-state index is 0.268. The van der Waals surface area contributed by atoms with Crippen LogP contribution in [-0.4, -0.2) is 10.3 Å². The first-order chi connectivity index (χ1) is 27.8. The Balaban J connectivity index is 1.09. The number of hydrogen-bond donors (Lipinski definition) is 1. The van der Waals surface area contributed by atoms with Crippen LogP contribution in [0.3, 0.4) is 0 Å². The van der Waals surface area contributed by atoms with E-state index in [1.54, 1.807) is 0 Å². The number of aromatic nitrogens is 1. The Kier molecular flexibility index (Phi) is 7.75. The van der Waals surface area contributed by atoms with Gasteiger partial charge in [-0.1, -0.05) is 170 Å². The first-order valence-electron chi connectivity index (χ1n) is 19.1. The number of para-hydroxylation sites is 1. The molecule has 0 aliphatic carbocycles. The molecule has 1 atom stereocenters. The zero-order valence-electron chi connectivity index (χ0n) is 30.4. The van der Waals surface area contributed by atoms with Gasteiger partial charge in [0, 0.05) is 31.9 Å². The van der Waals surface area contributed by atoms with Crippen LogP contribution in [0.15, 0.2) is 205 Å². The van der Waals surface area contributed by atoms with Gasteiger partial charge in [-0.3, -0.25) is 4.99 Å². The number of thiophene rings is 1. The summed E-state index contributed by atoms with van der Waals surface area (Å²) in [4.78, 5) is 5.33. The van der Waals surface area contributed by atoms with Crippen LogP contribution in [0.4, 0.5) is 0 Å². The fourth-order valence-electron chi connectivity index (χ4n) is 8.37.